The van der Waals surface area contributed by atoms with Crippen LogP contribution in [0.2, 0.25) is 0 Å². The summed E-state index contributed by atoms with van der Waals surface area (Å²) in [6.07, 6.45) is 3.56. The van der Waals surface area contributed by atoms with E-state index in [9.17, 15) is 14.4 Å². The maximum atomic E-state index is 15.3. The lowest BCUT2D eigenvalue weighted by atomic mass is 9.85. The Morgan fingerprint density at radius 2 is 1.79 bits per heavy atom. The second-order valence-electron chi connectivity index (χ2n) is 15.6. The minimum atomic E-state index is -3.62. The van der Waals surface area contributed by atoms with Gasteiger partial charge in [0.1, 0.15) is 30.0 Å². The molecule has 1 aliphatic carbocycles. The van der Waals surface area contributed by atoms with Crippen LogP contribution in [0.1, 0.15) is 79.8 Å². The monoisotopic (exact) mass is 728 g/mol. The number of nitrogens with one attached hydrogen (secondary N) is 1. The van der Waals surface area contributed by atoms with Gasteiger partial charge in [0.25, 0.3) is 0 Å². The van der Waals surface area contributed by atoms with Gasteiger partial charge in [-0.05, 0) is 67.1 Å². The third kappa shape index (κ3) is 9.38. The molecule has 52 heavy (non-hydrogen) atoms. The van der Waals surface area contributed by atoms with Gasteiger partial charge in [0.2, 0.25) is 11.8 Å². The molecule has 0 bridgehead atoms. The van der Waals surface area contributed by atoms with E-state index in [1.54, 1.807) is 33.8 Å². The largest absolute Gasteiger partial charge is 0.497 e. The first-order valence-electron chi connectivity index (χ1n) is 18.0. The van der Waals surface area contributed by atoms with Crippen LogP contribution in [0, 0.1) is 29.1 Å². The molecule has 11 nitrogen and oxygen atoms in total. The van der Waals surface area contributed by atoms with Crippen LogP contribution in [0.5, 0.6) is 11.6 Å². The van der Waals surface area contributed by atoms with E-state index in [2.05, 4.69) is 35.4 Å². The number of ether oxygens (including phenoxy) is 4. The number of methoxy groups -OCH3 is 1. The molecule has 2 fully saturated rings. The summed E-state index contributed by atoms with van der Waals surface area (Å²) in [5.74, 6) is -5.07. The Morgan fingerprint density at radius 1 is 1.08 bits per heavy atom. The molecule has 2 amide bonds. The van der Waals surface area contributed by atoms with Crippen molar-refractivity contribution in [2.45, 2.75) is 104 Å². The van der Waals surface area contributed by atoms with Gasteiger partial charge in [-0.2, -0.15) is 8.78 Å². The third-order valence-electron chi connectivity index (χ3n) is 9.80. The van der Waals surface area contributed by atoms with Gasteiger partial charge >= 0.3 is 18.0 Å². The summed E-state index contributed by atoms with van der Waals surface area (Å²) in [7, 11) is 1.46. The number of carbonyl (C=O) groups is 3. The number of esters is 1. The zero-order valence-electron chi connectivity index (χ0n) is 31.6. The molecule has 0 spiro atoms. The zero-order valence-corrected chi connectivity index (χ0v) is 31.6. The van der Waals surface area contributed by atoms with E-state index < -0.39 is 65.0 Å². The first-order chi connectivity index (χ1) is 24.4. The SMILES string of the molecule is C=CCC[C@@H]1C[C@@H](C)C[C@H]1OC(=O)N[C@H](C(=O)N1C[C@H](Oc2nc3cc(OC)ccc3nc2C(F)(F)C=C)[C@@H](C)[C@H]1C(=O)OCC(C)C)C(C)(C)C. The maximum absolute atomic E-state index is 15.3. The van der Waals surface area contributed by atoms with Crippen LogP contribution in [-0.2, 0) is 25.0 Å². The fourth-order valence-electron chi connectivity index (χ4n) is 6.93. The minimum absolute atomic E-state index is 0.0118. The van der Waals surface area contributed by atoms with Gasteiger partial charge in [0.15, 0.2) is 5.69 Å². The first-order valence-corrected chi connectivity index (χ1v) is 18.0. The Morgan fingerprint density at radius 3 is 2.40 bits per heavy atom. The summed E-state index contributed by atoms with van der Waals surface area (Å²) < 4.78 is 53.6. The smallest absolute Gasteiger partial charge is 0.408 e. The molecule has 0 radical (unpaired) electrons. The first kappa shape index (κ1) is 40.5. The summed E-state index contributed by atoms with van der Waals surface area (Å²) in [6.45, 7) is 19.9. The highest BCUT2D eigenvalue weighted by Gasteiger charge is 2.51. The number of amides is 2. The average Bonchev–Trinajstić information content (AvgIpc) is 3.60. The number of hydrogen-bond acceptors (Lipinski definition) is 9. The highest BCUT2D eigenvalue weighted by atomic mass is 19.3. The van der Waals surface area contributed by atoms with E-state index in [1.807, 2.05) is 19.9 Å². The van der Waals surface area contributed by atoms with Crippen molar-refractivity contribution in [2.24, 2.45) is 29.1 Å². The molecular formula is C39H54F2N4O7. The minimum Gasteiger partial charge on any atom is -0.497 e. The summed E-state index contributed by atoms with van der Waals surface area (Å²) in [5, 5.41) is 2.80. The number of likely N-dealkylation sites (tertiary alicyclic amines) is 1. The van der Waals surface area contributed by atoms with E-state index >= 15 is 8.78 Å². The molecule has 2 aromatic rings. The zero-order chi connectivity index (χ0) is 38.5. The van der Waals surface area contributed by atoms with Gasteiger partial charge in [0.05, 0.1) is 31.3 Å². The molecule has 286 valence electrons. The molecule has 1 N–H and O–H groups in total. The Kier molecular flexibility index (Phi) is 12.9. The summed E-state index contributed by atoms with van der Waals surface area (Å²) in [6, 6.07) is 2.35. The fourth-order valence-corrected chi connectivity index (χ4v) is 6.93. The molecule has 1 saturated carbocycles. The third-order valence-corrected chi connectivity index (χ3v) is 9.80. The molecule has 1 aromatic carbocycles. The van der Waals surface area contributed by atoms with Crippen molar-refractivity contribution in [3.8, 4) is 11.6 Å². The van der Waals surface area contributed by atoms with Gasteiger partial charge in [-0.15, -0.1) is 6.58 Å². The van der Waals surface area contributed by atoms with Crippen molar-refractivity contribution < 1.29 is 42.1 Å². The van der Waals surface area contributed by atoms with Crippen molar-refractivity contribution >= 4 is 29.0 Å². The molecule has 1 aliphatic heterocycles. The van der Waals surface area contributed by atoms with E-state index in [4.69, 9.17) is 18.9 Å². The number of benzene rings is 1. The van der Waals surface area contributed by atoms with Gasteiger partial charge in [-0.3, -0.25) is 4.79 Å². The maximum Gasteiger partial charge on any atom is 0.408 e. The van der Waals surface area contributed by atoms with Crippen LogP contribution in [-0.4, -0.2) is 77.4 Å². The second kappa shape index (κ2) is 16.6. The van der Waals surface area contributed by atoms with Gasteiger partial charge in [0, 0.05) is 12.0 Å². The van der Waals surface area contributed by atoms with Crippen LogP contribution in [0.25, 0.3) is 11.0 Å². The number of aromatic nitrogens is 2. The van der Waals surface area contributed by atoms with Crippen LogP contribution < -0.4 is 14.8 Å². The second-order valence-corrected chi connectivity index (χ2v) is 15.6. The van der Waals surface area contributed by atoms with Gasteiger partial charge in [-0.1, -0.05) is 61.1 Å². The molecule has 1 saturated heterocycles. The number of hydrogen-bond donors (Lipinski definition) is 1. The van der Waals surface area contributed by atoms with Crippen LogP contribution in [0.4, 0.5) is 13.6 Å². The molecule has 0 unspecified atom stereocenters. The predicted octanol–water partition coefficient (Wildman–Crippen LogP) is 7.23. The van der Waals surface area contributed by atoms with Crippen LogP contribution >= 0.6 is 0 Å². The van der Waals surface area contributed by atoms with Crippen LogP contribution in [0.15, 0.2) is 43.5 Å². The predicted molar refractivity (Wildman–Crippen MR) is 193 cm³/mol. The Bertz CT molecular complexity index is 1630. The lowest BCUT2D eigenvalue weighted by molar-refractivity contribution is -0.156. The number of halogens is 2. The standard InChI is InChI=1S/C39H54F2N4O7/c1-11-13-14-25-17-23(5)18-29(25)52-37(48)44-33(38(7,8)9)35(46)45-20-30(24(6)31(45)36(47)50-21-22(3)4)51-34-32(39(40,41)12-2)42-27-16-15-26(49-10)19-28(27)43-34/h11-12,15-16,19,22-25,29-31,33H,1-2,13-14,17-18,20-21H2,3-10H3,(H,44,48)/t23-,24-,25-,29-,30+,31+,33-/m1/s1. The molecule has 13 heteroatoms. The summed E-state index contributed by atoms with van der Waals surface area (Å²) in [5.41, 5.74) is -1.16. The van der Waals surface area contributed by atoms with E-state index in [1.165, 1.54) is 24.1 Å². The van der Waals surface area contributed by atoms with Crippen molar-refractivity contribution in [3.05, 3.63) is 49.2 Å². The highest BCUT2D eigenvalue weighted by molar-refractivity contribution is 5.91. The number of nitrogens with zero attached hydrogens (tertiary/aromatic N) is 3. The van der Waals surface area contributed by atoms with Crippen molar-refractivity contribution in [2.75, 3.05) is 20.3 Å². The average molecular weight is 729 g/mol. The number of alkyl carbamates (subject to hydrolysis) is 1. The number of alkyl halides is 2. The fraction of sp³-hybridized carbons (Fsp3) is 0.615. The highest BCUT2D eigenvalue weighted by Crippen LogP contribution is 2.39. The van der Waals surface area contributed by atoms with Gasteiger partial charge < -0.3 is 29.2 Å². The molecule has 2 heterocycles. The van der Waals surface area contributed by atoms with Crippen molar-refractivity contribution in [1.82, 2.24) is 20.2 Å². The molecular weight excluding hydrogens is 674 g/mol. The normalized spacial score (nSPS) is 24.0. The summed E-state index contributed by atoms with van der Waals surface area (Å²) in [4.78, 5) is 51.6. The molecule has 4 rings (SSSR count). The topological polar surface area (TPSA) is 129 Å². The Balaban J connectivity index is 1.67. The lowest BCUT2D eigenvalue weighted by Gasteiger charge is -2.35. The van der Waals surface area contributed by atoms with Gasteiger partial charge in [-0.25, -0.2) is 19.6 Å². The quantitative estimate of drug-likeness (QED) is 0.158. The molecule has 7 atom stereocenters. The molecule has 2 aliphatic rings. The number of carbonyl (C=O) groups excluding carboxylic acids is 3. The van der Waals surface area contributed by atoms with E-state index in [-0.39, 0.29) is 42.1 Å². The Labute approximate surface area is 305 Å². The van der Waals surface area contributed by atoms with Crippen LogP contribution in [0.3, 0.4) is 0 Å². The number of rotatable bonds is 14. The lowest BCUT2D eigenvalue weighted by Crippen LogP contribution is -2.57. The summed E-state index contributed by atoms with van der Waals surface area (Å²) >= 11 is 0. The van der Waals surface area contributed by atoms with Crippen molar-refractivity contribution in [1.29, 1.82) is 0 Å². The number of allylic oxidation sites excluding steroid dienone is 2. The number of fused-ring (bicyclic) bond motifs is 1. The van der Waals surface area contributed by atoms with E-state index in [0.717, 1.165) is 19.3 Å². The van der Waals surface area contributed by atoms with Crippen molar-refractivity contribution in [3.63, 3.8) is 0 Å². The van der Waals surface area contributed by atoms with E-state index in [0.29, 0.717) is 24.2 Å². The Hall–Kier alpha value is -4.29. The molecule has 1 aromatic heterocycles.